The van der Waals surface area contributed by atoms with Crippen LogP contribution in [0.2, 0.25) is 0 Å². The molecule has 0 fully saturated rings. The molecule has 0 spiro atoms. The van der Waals surface area contributed by atoms with Crippen LogP contribution in [0.25, 0.3) is 0 Å². The van der Waals surface area contributed by atoms with Crippen LogP contribution in [0.1, 0.15) is 32.8 Å². The Morgan fingerprint density at radius 1 is 1.18 bits per heavy atom. The predicted molar refractivity (Wildman–Crippen MR) is 72.3 cm³/mol. The quantitative estimate of drug-likeness (QED) is 0.840. The summed E-state index contributed by atoms with van der Waals surface area (Å²) in [6, 6.07) is 8.37. The molecule has 3 nitrogen and oxygen atoms in total. The topological polar surface area (TPSA) is 41.1 Å². The molecule has 0 unspecified atom stereocenters. The highest BCUT2D eigenvalue weighted by atomic mass is 16.1. The number of amides is 1. The molecule has 1 aromatic carbocycles. The van der Waals surface area contributed by atoms with Gasteiger partial charge in [0.15, 0.2) is 0 Å². The highest BCUT2D eigenvalue weighted by Crippen LogP contribution is 2.23. The molecule has 0 heterocycles. The van der Waals surface area contributed by atoms with Crippen molar-refractivity contribution in [3.8, 4) is 0 Å². The Kier molecular flexibility index (Phi) is 4.55. The molecule has 17 heavy (non-hydrogen) atoms. The Balaban J connectivity index is 2.49. The Labute approximate surface area is 104 Å². The van der Waals surface area contributed by atoms with Crippen molar-refractivity contribution in [2.24, 2.45) is 0 Å². The lowest BCUT2D eigenvalue weighted by Gasteiger charge is -2.19. The fraction of sp³-hybridized carbons (Fsp3) is 0.500. The van der Waals surface area contributed by atoms with Crippen LogP contribution in [0.5, 0.6) is 0 Å². The molecule has 0 atom stereocenters. The van der Waals surface area contributed by atoms with Crippen LogP contribution in [0.15, 0.2) is 24.3 Å². The summed E-state index contributed by atoms with van der Waals surface area (Å²) in [5, 5.41) is 5.83. The van der Waals surface area contributed by atoms with Crippen molar-refractivity contribution in [2.45, 2.75) is 32.6 Å². The molecule has 0 saturated carbocycles. The van der Waals surface area contributed by atoms with E-state index in [-0.39, 0.29) is 11.3 Å². The fourth-order valence-corrected chi connectivity index (χ4v) is 1.53. The van der Waals surface area contributed by atoms with Gasteiger partial charge in [0, 0.05) is 25.7 Å². The van der Waals surface area contributed by atoms with Gasteiger partial charge in [-0.2, -0.15) is 0 Å². The number of benzene rings is 1. The highest BCUT2D eigenvalue weighted by molar-refractivity contribution is 5.76. The SMILES string of the molecule is CNC(=O)CCNc1ccc(C(C)(C)C)cc1. The third-order valence-corrected chi connectivity index (χ3v) is 2.71. The van der Waals surface area contributed by atoms with Gasteiger partial charge < -0.3 is 10.6 Å². The average Bonchev–Trinajstić information content (AvgIpc) is 2.28. The van der Waals surface area contributed by atoms with Crippen LogP contribution < -0.4 is 10.6 Å². The number of carbonyl (C=O) groups is 1. The van der Waals surface area contributed by atoms with Crippen LogP contribution in [-0.2, 0) is 10.2 Å². The first-order chi connectivity index (χ1) is 7.93. The zero-order valence-corrected chi connectivity index (χ0v) is 11.1. The van der Waals surface area contributed by atoms with E-state index in [1.165, 1.54) is 5.56 Å². The molecular weight excluding hydrogens is 212 g/mol. The number of carbonyl (C=O) groups excluding carboxylic acids is 1. The van der Waals surface area contributed by atoms with Crippen LogP contribution in [0, 0.1) is 0 Å². The minimum absolute atomic E-state index is 0.0591. The normalized spacial score (nSPS) is 11.1. The van der Waals surface area contributed by atoms with E-state index < -0.39 is 0 Å². The first-order valence-electron chi connectivity index (χ1n) is 5.98. The number of hydrogen-bond acceptors (Lipinski definition) is 2. The third kappa shape index (κ3) is 4.47. The van der Waals surface area contributed by atoms with E-state index in [1.807, 2.05) is 0 Å². The van der Waals surface area contributed by atoms with Gasteiger partial charge in [0.25, 0.3) is 0 Å². The third-order valence-electron chi connectivity index (χ3n) is 2.71. The minimum atomic E-state index is 0.0591. The molecule has 0 aliphatic carbocycles. The summed E-state index contributed by atoms with van der Waals surface area (Å²) in [5.41, 5.74) is 2.55. The molecule has 0 aliphatic rings. The Morgan fingerprint density at radius 3 is 2.24 bits per heavy atom. The van der Waals surface area contributed by atoms with Crippen molar-refractivity contribution in [1.82, 2.24) is 5.32 Å². The van der Waals surface area contributed by atoms with Crippen molar-refractivity contribution in [3.63, 3.8) is 0 Å². The van der Waals surface area contributed by atoms with Gasteiger partial charge >= 0.3 is 0 Å². The van der Waals surface area contributed by atoms with Crippen LogP contribution in [0.3, 0.4) is 0 Å². The summed E-state index contributed by atoms with van der Waals surface area (Å²) in [5.74, 6) is 0.0591. The summed E-state index contributed by atoms with van der Waals surface area (Å²) >= 11 is 0. The lowest BCUT2D eigenvalue weighted by Crippen LogP contribution is -2.20. The first-order valence-corrected chi connectivity index (χ1v) is 5.98. The molecular formula is C14H22N2O. The largest absolute Gasteiger partial charge is 0.385 e. The van der Waals surface area contributed by atoms with Crippen molar-refractivity contribution in [3.05, 3.63) is 29.8 Å². The lowest BCUT2D eigenvalue weighted by molar-refractivity contribution is -0.120. The number of nitrogens with one attached hydrogen (secondary N) is 2. The van der Waals surface area contributed by atoms with Crippen LogP contribution in [0.4, 0.5) is 5.69 Å². The smallest absolute Gasteiger partial charge is 0.221 e. The van der Waals surface area contributed by atoms with Gasteiger partial charge in [0.05, 0.1) is 0 Å². The summed E-state index contributed by atoms with van der Waals surface area (Å²) in [6.45, 7) is 7.25. The minimum Gasteiger partial charge on any atom is -0.385 e. The number of rotatable bonds is 4. The van der Waals surface area contributed by atoms with E-state index in [0.29, 0.717) is 13.0 Å². The molecule has 0 aromatic heterocycles. The molecule has 0 saturated heterocycles. The second-order valence-corrected chi connectivity index (χ2v) is 5.18. The predicted octanol–water partition coefficient (Wildman–Crippen LogP) is 2.53. The second kappa shape index (κ2) is 5.71. The zero-order valence-electron chi connectivity index (χ0n) is 11.1. The van der Waals surface area contributed by atoms with E-state index in [9.17, 15) is 4.79 Å². The van der Waals surface area contributed by atoms with Gasteiger partial charge in [-0.05, 0) is 23.1 Å². The Hall–Kier alpha value is -1.51. The maximum Gasteiger partial charge on any atom is 0.221 e. The van der Waals surface area contributed by atoms with Crippen LogP contribution >= 0.6 is 0 Å². The summed E-state index contributed by atoms with van der Waals surface area (Å²) in [6.07, 6.45) is 0.498. The summed E-state index contributed by atoms with van der Waals surface area (Å²) in [4.78, 5) is 11.0. The molecule has 0 radical (unpaired) electrons. The standard InChI is InChI=1S/C14H22N2O/c1-14(2,3)11-5-7-12(8-6-11)16-10-9-13(17)15-4/h5-8,16H,9-10H2,1-4H3,(H,15,17). The van der Waals surface area contributed by atoms with Gasteiger partial charge in [0.1, 0.15) is 0 Å². The van der Waals surface area contributed by atoms with E-state index in [2.05, 4.69) is 55.7 Å². The molecule has 3 heteroatoms. The second-order valence-electron chi connectivity index (χ2n) is 5.18. The van der Waals surface area contributed by atoms with Gasteiger partial charge in [-0.1, -0.05) is 32.9 Å². The summed E-state index contributed by atoms with van der Waals surface area (Å²) in [7, 11) is 1.65. The van der Waals surface area contributed by atoms with Gasteiger partial charge in [0.2, 0.25) is 5.91 Å². The Bertz CT molecular complexity index is 363. The van der Waals surface area contributed by atoms with E-state index in [1.54, 1.807) is 7.05 Å². The molecule has 1 aromatic rings. The van der Waals surface area contributed by atoms with E-state index >= 15 is 0 Å². The fourth-order valence-electron chi connectivity index (χ4n) is 1.53. The van der Waals surface area contributed by atoms with Gasteiger partial charge in [-0.15, -0.1) is 0 Å². The lowest BCUT2D eigenvalue weighted by atomic mass is 9.87. The maximum absolute atomic E-state index is 11.0. The molecule has 94 valence electrons. The molecule has 1 amide bonds. The van der Waals surface area contributed by atoms with Crippen molar-refractivity contribution < 1.29 is 4.79 Å². The van der Waals surface area contributed by atoms with Gasteiger partial charge in [-0.3, -0.25) is 4.79 Å². The van der Waals surface area contributed by atoms with Crippen LogP contribution in [-0.4, -0.2) is 19.5 Å². The van der Waals surface area contributed by atoms with E-state index in [4.69, 9.17) is 0 Å². The first kappa shape index (κ1) is 13.6. The molecule has 0 bridgehead atoms. The molecule has 0 aliphatic heterocycles. The van der Waals surface area contributed by atoms with Crippen molar-refractivity contribution in [1.29, 1.82) is 0 Å². The maximum atomic E-state index is 11.0. The average molecular weight is 234 g/mol. The van der Waals surface area contributed by atoms with Crippen molar-refractivity contribution >= 4 is 11.6 Å². The highest BCUT2D eigenvalue weighted by Gasteiger charge is 2.12. The zero-order chi connectivity index (χ0) is 12.9. The Morgan fingerprint density at radius 2 is 1.76 bits per heavy atom. The number of hydrogen-bond donors (Lipinski definition) is 2. The summed E-state index contributed by atoms with van der Waals surface area (Å²) < 4.78 is 0. The molecule has 1 rings (SSSR count). The van der Waals surface area contributed by atoms with Gasteiger partial charge in [-0.25, -0.2) is 0 Å². The monoisotopic (exact) mass is 234 g/mol. The van der Waals surface area contributed by atoms with E-state index in [0.717, 1.165) is 5.69 Å². The van der Waals surface area contributed by atoms with Crippen molar-refractivity contribution in [2.75, 3.05) is 18.9 Å². The molecule has 2 N–H and O–H groups in total. The number of anilines is 1.